The lowest BCUT2D eigenvalue weighted by atomic mass is 10.4. The number of hydrogen-bond acceptors (Lipinski definition) is 4. The number of sulfonamides is 1. The molecule has 1 heterocycles. The average molecular weight is 276 g/mol. The number of nitrogens with one attached hydrogen (secondary N) is 2. The second kappa shape index (κ2) is 6.49. The molecule has 0 bridgehead atoms. The van der Waals surface area contributed by atoms with E-state index in [1.165, 1.54) is 11.3 Å². The quantitative estimate of drug-likeness (QED) is 0.800. The minimum Gasteiger partial charge on any atom is -0.310 e. The van der Waals surface area contributed by atoms with Crippen molar-refractivity contribution in [3.05, 3.63) is 16.3 Å². The monoisotopic (exact) mass is 276 g/mol. The van der Waals surface area contributed by atoms with Gasteiger partial charge in [-0.1, -0.05) is 20.8 Å². The van der Waals surface area contributed by atoms with Crippen molar-refractivity contribution in [2.75, 3.05) is 6.54 Å². The van der Waals surface area contributed by atoms with Crippen LogP contribution < -0.4 is 10.0 Å². The third-order valence-electron chi connectivity index (χ3n) is 2.17. The molecule has 0 saturated carbocycles. The van der Waals surface area contributed by atoms with Gasteiger partial charge in [0, 0.05) is 29.4 Å². The summed E-state index contributed by atoms with van der Waals surface area (Å²) >= 11 is 1.47. The van der Waals surface area contributed by atoms with Crippen molar-refractivity contribution in [2.24, 2.45) is 0 Å². The Morgan fingerprint density at radius 1 is 1.41 bits per heavy atom. The molecule has 1 aromatic heterocycles. The van der Waals surface area contributed by atoms with E-state index in [0.717, 1.165) is 11.3 Å². The van der Waals surface area contributed by atoms with Crippen LogP contribution in [0.25, 0.3) is 0 Å². The fourth-order valence-electron chi connectivity index (χ4n) is 1.22. The van der Waals surface area contributed by atoms with E-state index in [-0.39, 0.29) is 0 Å². The van der Waals surface area contributed by atoms with Crippen LogP contribution >= 0.6 is 11.3 Å². The maximum atomic E-state index is 11.8. The van der Waals surface area contributed by atoms with Gasteiger partial charge in [-0.15, -0.1) is 11.3 Å². The minimum atomic E-state index is -3.31. The van der Waals surface area contributed by atoms with Crippen LogP contribution in [-0.4, -0.2) is 21.0 Å². The van der Waals surface area contributed by atoms with Gasteiger partial charge in [-0.3, -0.25) is 0 Å². The third-order valence-corrected chi connectivity index (χ3v) is 4.69. The van der Waals surface area contributed by atoms with Gasteiger partial charge in [0.05, 0.1) is 4.90 Å². The Labute approximate surface area is 107 Å². The molecule has 98 valence electrons. The Bertz CT molecular complexity index is 438. The van der Waals surface area contributed by atoms with Crippen molar-refractivity contribution in [1.29, 1.82) is 0 Å². The summed E-state index contributed by atoms with van der Waals surface area (Å²) in [6, 6.07) is 2.13. The topological polar surface area (TPSA) is 58.2 Å². The maximum Gasteiger partial charge on any atom is 0.241 e. The first-order valence-electron chi connectivity index (χ1n) is 5.76. The fourth-order valence-corrected chi connectivity index (χ4v) is 3.58. The smallest absolute Gasteiger partial charge is 0.241 e. The van der Waals surface area contributed by atoms with Crippen LogP contribution in [0, 0.1) is 0 Å². The number of hydrogen-bond donors (Lipinski definition) is 2. The summed E-state index contributed by atoms with van der Waals surface area (Å²) in [5.41, 5.74) is 0. The van der Waals surface area contributed by atoms with Crippen molar-refractivity contribution in [2.45, 2.75) is 44.7 Å². The Morgan fingerprint density at radius 2 is 2.12 bits per heavy atom. The van der Waals surface area contributed by atoms with Crippen molar-refractivity contribution in [1.82, 2.24) is 10.0 Å². The lowest BCUT2D eigenvalue weighted by Crippen LogP contribution is -2.24. The van der Waals surface area contributed by atoms with Crippen LogP contribution in [0.2, 0.25) is 0 Å². The molecule has 17 heavy (non-hydrogen) atoms. The molecule has 2 N–H and O–H groups in total. The lowest BCUT2D eigenvalue weighted by molar-refractivity contribution is 0.580. The van der Waals surface area contributed by atoms with Crippen LogP contribution in [0.1, 0.15) is 32.1 Å². The summed E-state index contributed by atoms with van der Waals surface area (Å²) in [5.74, 6) is 0. The molecule has 0 saturated heterocycles. The Kier molecular flexibility index (Phi) is 5.58. The standard InChI is InChI=1S/C11H20N2O2S2/c1-4-5-13-17(14,15)11-6-10(16-8-11)7-12-9(2)3/h6,8-9,12-13H,4-5,7H2,1-3H3. The molecule has 0 aliphatic heterocycles. The van der Waals surface area contributed by atoms with Crippen molar-refractivity contribution >= 4 is 21.4 Å². The summed E-state index contributed by atoms with van der Waals surface area (Å²) < 4.78 is 26.2. The summed E-state index contributed by atoms with van der Waals surface area (Å²) in [7, 11) is -3.31. The molecule has 0 atom stereocenters. The molecular weight excluding hydrogens is 256 g/mol. The van der Waals surface area contributed by atoms with Gasteiger partial charge in [0.2, 0.25) is 10.0 Å². The zero-order valence-electron chi connectivity index (χ0n) is 10.5. The van der Waals surface area contributed by atoms with Crippen LogP contribution in [0.4, 0.5) is 0 Å². The highest BCUT2D eigenvalue weighted by molar-refractivity contribution is 7.89. The summed E-state index contributed by atoms with van der Waals surface area (Å²) in [5, 5.41) is 4.95. The maximum absolute atomic E-state index is 11.8. The van der Waals surface area contributed by atoms with E-state index >= 15 is 0 Å². The largest absolute Gasteiger partial charge is 0.310 e. The molecule has 0 amide bonds. The molecule has 0 unspecified atom stereocenters. The van der Waals surface area contributed by atoms with E-state index in [9.17, 15) is 8.42 Å². The first kappa shape index (κ1) is 14.6. The Morgan fingerprint density at radius 3 is 2.71 bits per heavy atom. The van der Waals surface area contributed by atoms with Crippen LogP contribution in [0.15, 0.2) is 16.3 Å². The van der Waals surface area contributed by atoms with Gasteiger partial charge in [0.1, 0.15) is 0 Å². The van der Waals surface area contributed by atoms with E-state index in [2.05, 4.69) is 23.9 Å². The highest BCUT2D eigenvalue weighted by Gasteiger charge is 2.15. The van der Waals surface area contributed by atoms with Gasteiger partial charge < -0.3 is 5.32 Å². The number of rotatable bonds is 7. The van der Waals surface area contributed by atoms with Crippen LogP contribution in [0.5, 0.6) is 0 Å². The molecular formula is C11H20N2O2S2. The summed E-state index contributed by atoms with van der Waals surface area (Å²) in [4.78, 5) is 1.41. The summed E-state index contributed by atoms with van der Waals surface area (Å²) in [6.45, 7) is 7.26. The van der Waals surface area contributed by atoms with E-state index in [1.54, 1.807) is 11.4 Å². The molecule has 0 fully saturated rings. The molecule has 6 heteroatoms. The minimum absolute atomic E-state index is 0.372. The fraction of sp³-hybridized carbons (Fsp3) is 0.636. The van der Waals surface area contributed by atoms with Crippen molar-refractivity contribution in [3.8, 4) is 0 Å². The summed E-state index contributed by atoms with van der Waals surface area (Å²) in [6.07, 6.45) is 0.797. The van der Waals surface area contributed by atoms with E-state index < -0.39 is 10.0 Å². The van der Waals surface area contributed by atoms with Crippen molar-refractivity contribution in [3.63, 3.8) is 0 Å². The van der Waals surface area contributed by atoms with Gasteiger partial charge in [-0.2, -0.15) is 0 Å². The normalized spacial score (nSPS) is 12.2. The molecule has 0 radical (unpaired) electrons. The van der Waals surface area contributed by atoms with E-state index in [1.807, 2.05) is 6.92 Å². The number of thiophene rings is 1. The third kappa shape index (κ3) is 4.75. The molecule has 0 spiro atoms. The van der Waals surface area contributed by atoms with Gasteiger partial charge in [-0.25, -0.2) is 13.1 Å². The lowest BCUT2D eigenvalue weighted by Gasteiger charge is -2.05. The van der Waals surface area contributed by atoms with Gasteiger partial charge in [0.15, 0.2) is 0 Å². The van der Waals surface area contributed by atoms with Gasteiger partial charge >= 0.3 is 0 Å². The zero-order valence-corrected chi connectivity index (χ0v) is 12.1. The SMILES string of the molecule is CCCNS(=O)(=O)c1csc(CNC(C)C)c1. The zero-order chi connectivity index (χ0) is 12.9. The van der Waals surface area contributed by atoms with E-state index in [4.69, 9.17) is 0 Å². The molecule has 0 aliphatic rings. The second-order valence-electron chi connectivity index (χ2n) is 4.18. The van der Waals surface area contributed by atoms with Crippen molar-refractivity contribution < 1.29 is 8.42 Å². The van der Waals surface area contributed by atoms with Gasteiger partial charge in [0.25, 0.3) is 0 Å². The predicted molar refractivity (Wildman–Crippen MR) is 71.8 cm³/mol. The Balaban J connectivity index is 2.67. The average Bonchev–Trinajstić information content (AvgIpc) is 2.73. The second-order valence-corrected chi connectivity index (χ2v) is 6.94. The molecule has 4 nitrogen and oxygen atoms in total. The first-order valence-corrected chi connectivity index (χ1v) is 8.12. The Hall–Kier alpha value is -0.430. The molecule has 0 aromatic carbocycles. The molecule has 1 rings (SSSR count). The predicted octanol–water partition coefficient (Wildman–Crippen LogP) is 1.93. The van der Waals surface area contributed by atoms with Gasteiger partial charge in [-0.05, 0) is 12.5 Å². The highest BCUT2D eigenvalue weighted by atomic mass is 32.2. The van der Waals surface area contributed by atoms with E-state index in [0.29, 0.717) is 24.0 Å². The van der Waals surface area contributed by atoms with Crippen LogP contribution in [0.3, 0.4) is 0 Å². The van der Waals surface area contributed by atoms with Crippen LogP contribution in [-0.2, 0) is 16.6 Å². The molecule has 0 aliphatic carbocycles. The highest BCUT2D eigenvalue weighted by Crippen LogP contribution is 2.19. The molecule has 1 aromatic rings. The first-order chi connectivity index (χ1) is 7.95.